The highest BCUT2D eigenvalue weighted by molar-refractivity contribution is 9.10. The van der Waals surface area contributed by atoms with Gasteiger partial charge in [-0.2, -0.15) is 0 Å². The first-order chi connectivity index (χ1) is 7.00. The van der Waals surface area contributed by atoms with Crippen LogP contribution in [0.3, 0.4) is 0 Å². The van der Waals surface area contributed by atoms with Crippen LogP contribution in [0.4, 0.5) is 11.6 Å². The number of anilines is 2. The number of nitrogens with two attached hydrogens (primary N) is 1. The van der Waals surface area contributed by atoms with Gasteiger partial charge in [0.05, 0.1) is 0 Å². The molecule has 1 aromatic heterocycles. The number of nitrogen functional groups attached to an aromatic ring is 1. The molecule has 1 atom stereocenters. The smallest absolute Gasteiger partial charge is 0.146 e. The van der Waals surface area contributed by atoms with E-state index in [4.69, 9.17) is 5.73 Å². The topological polar surface area (TPSA) is 67.1 Å². The summed E-state index contributed by atoms with van der Waals surface area (Å²) in [7, 11) is 4.06. The highest BCUT2D eigenvalue weighted by Gasteiger charge is 2.09. The van der Waals surface area contributed by atoms with E-state index in [-0.39, 0.29) is 0 Å². The Morgan fingerprint density at radius 3 is 2.80 bits per heavy atom. The average Bonchev–Trinajstić information content (AvgIpc) is 2.11. The van der Waals surface area contributed by atoms with Crippen molar-refractivity contribution in [3.05, 3.63) is 10.8 Å². The second-order valence-corrected chi connectivity index (χ2v) is 4.52. The molecule has 0 saturated heterocycles. The van der Waals surface area contributed by atoms with Gasteiger partial charge in [-0.05, 0) is 36.9 Å². The summed E-state index contributed by atoms with van der Waals surface area (Å²) in [6.07, 6.45) is 1.45. The third-order valence-electron chi connectivity index (χ3n) is 1.84. The molecule has 84 valence electrons. The molecule has 5 nitrogen and oxygen atoms in total. The van der Waals surface area contributed by atoms with Gasteiger partial charge in [0.1, 0.15) is 22.4 Å². The molecule has 6 heteroatoms. The van der Waals surface area contributed by atoms with Crippen molar-refractivity contribution in [1.29, 1.82) is 0 Å². The number of likely N-dealkylation sites (N-methyl/N-ethyl adjacent to an activating group) is 1. The van der Waals surface area contributed by atoms with E-state index in [2.05, 4.69) is 43.0 Å². The summed E-state index contributed by atoms with van der Waals surface area (Å²) in [6.45, 7) is 3.01. The van der Waals surface area contributed by atoms with Crippen molar-refractivity contribution in [2.45, 2.75) is 13.0 Å². The number of nitrogens with zero attached hydrogens (tertiary/aromatic N) is 3. The van der Waals surface area contributed by atoms with Gasteiger partial charge in [0.15, 0.2) is 0 Å². The van der Waals surface area contributed by atoms with Gasteiger partial charge in [-0.15, -0.1) is 0 Å². The van der Waals surface area contributed by atoms with Crippen molar-refractivity contribution in [2.24, 2.45) is 0 Å². The zero-order valence-electron chi connectivity index (χ0n) is 9.16. The Morgan fingerprint density at radius 1 is 1.53 bits per heavy atom. The molecular weight excluding hydrogens is 258 g/mol. The summed E-state index contributed by atoms with van der Waals surface area (Å²) in [5.74, 6) is 1.18. The Morgan fingerprint density at radius 2 is 2.20 bits per heavy atom. The highest BCUT2D eigenvalue weighted by atomic mass is 79.9. The molecule has 3 N–H and O–H groups in total. The molecule has 0 saturated carbocycles. The first kappa shape index (κ1) is 12.2. The van der Waals surface area contributed by atoms with Crippen LogP contribution < -0.4 is 11.1 Å². The molecule has 0 aromatic carbocycles. The summed E-state index contributed by atoms with van der Waals surface area (Å²) >= 11 is 3.35. The Hall–Kier alpha value is -0.880. The van der Waals surface area contributed by atoms with Gasteiger partial charge in [-0.1, -0.05) is 0 Å². The molecule has 1 rings (SSSR count). The third-order valence-corrected chi connectivity index (χ3v) is 2.62. The van der Waals surface area contributed by atoms with E-state index in [1.165, 1.54) is 6.33 Å². The molecule has 1 aromatic rings. The number of rotatable bonds is 4. The molecule has 0 bridgehead atoms. The lowest BCUT2D eigenvalue weighted by atomic mass is 10.3. The van der Waals surface area contributed by atoms with Crippen molar-refractivity contribution in [3.8, 4) is 0 Å². The van der Waals surface area contributed by atoms with E-state index in [0.29, 0.717) is 11.9 Å². The first-order valence-corrected chi connectivity index (χ1v) is 5.47. The Bertz CT molecular complexity index is 328. The Labute approximate surface area is 98.2 Å². The molecule has 0 aliphatic carbocycles. The van der Waals surface area contributed by atoms with E-state index in [9.17, 15) is 0 Å². The SMILES string of the molecule is CC(CN(C)C)Nc1ncnc(N)c1Br. The summed E-state index contributed by atoms with van der Waals surface area (Å²) in [5, 5.41) is 3.26. The normalized spacial score (nSPS) is 12.9. The molecule has 1 unspecified atom stereocenters. The van der Waals surface area contributed by atoms with Gasteiger partial charge < -0.3 is 16.0 Å². The summed E-state index contributed by atoms with van der Waals surface area (Å²) in [4.78, 5) is 10.1. The zero-order chi connectivity index (χ0) is 11.4. The number of hydrogen-bond acceptors (Lipinski definition) is 5. The second kappa shape index (κ2) is 5.27. The Balaban J connectivity index is 2.68. The predicted molar refractivity (Wildman–Crippen MR) is 65.8 cm³/mol. The van der Waals surface area contributed by atoms with Crippen molar-refractivity contribution < 1.29 is 0 Å². The van der Waals surface area contributed by atoms with Crippen molar-refractivity contribution in [1.82, 2.24) is 14.9 Å². The van der Waals surface area contributed by atoms with Crippen molar-refractivity contribution in [3.63, 3.8) is 0 Å². The predicted octanol–water partition coefficient (Wildman–Crippen LogP) is 1.18. The minimum absolute atomic E-state index is 0.297. The van der Waals surface area contributed by atoms with Crippen molar-refractivity contribution >= 4 is 27.6 Å². The molecule has 0 fully saturated rings. The maximum atomic E-state index is 5.65. The van der Waals surface area contributed by atoms with Crippen LogP contribution in [0.25, 0.3) is 0 Å². The van der Waals surface area contributed by atoms with E-state index in [0.717, 1.165) is 16.8 Å². The lowest BCUT2D eigenvalue weighted by molar-refractivity contribution is 0.392. The summed E-state index contributed by atoms with van der Waals surface area (Å²) in [5.41, 5.74) is 5.65. The fourth-order valence-electron chi connectivity index (χ4n) is 1.31. The van der Waals surface area contributed by atoms with Crippen LogP contribution in [0.5, 0.6) is 0 Å². The third kappa shape index (κ3) is 3.64. The van der Waals surface area contributed by atoms with Crippen LogP contribution in [-0.4, -0.2) is 41.5 Å². The maximum absolute atomic E-state index is 5.65. The number of nitrogens with one attached hydrogen (secondary N) is 1. The number of aromatic nitrogens is 2. The van der Waals surface area contributed by atoms with E-state index >= 15 is 0 Å². The molecule has 0 radical (unpaired) electrons. The van der Waals surface area contributed by atoms with Crippen LogP contribution in [0.1, 0.15) is 6.92 Å². The quantitative estimate of drug-likeness (QED) is 0.863. The summed E-state index contributed by atoms with van der Waals surface area (Å²) in [6, 6.07) is 0.297. The average molecular weight is 274 g/mol. The fraction of sp³-hybridized carbons (Fsp3) is 0.556. The molecule has 0 aliphatic rings. The maximum Gasteiger partial charge on any atom is 0.146 e. The van der Waals surface area contributed by atoms with Crippen LogP contribution >= 0.6 is 15.9 Å². The van der Waals surface area contributed by atoms with Gasteiger partial charge in [-0.25, -0.2) is 9.97 Å². The lowest BCUT2D eigenvalue weighted by Gasteiger charge is -2.19. The van der Waals surface area contributed by atoms with E-state index in [1.807, 2.05) is 14.1 Å². The monoisotopic (exact) mass is 273 g/mol. The standard InChI is InChI=1S/C9H16BrN5/c1-6(4-15(2)3)14-9-7(10)8(11)12-5-13-9/h5-6H,4H2,1-3H3,(H3,11,12,13,14). The van der Waals surface area contributed by atoms with Crippen molar-refractivity contribution in [2.75, 3.05) is 31.7 Å². The number of hydrogen-bond donors (Lipinski definition) is 2. The fourth-order valence-corrected chi connectivity index (χ4v) is 1.63. The van der Waals surface area contributed by atoms with Gasteiger partial charge in [0, 0.05) is 12.6 Å². The van der Waals surface area contributed by atoms with Gasteiger partial charge >= 0.3 is 0 Å². The van der Waals surface area contributed by atoms with Crippen LogP contribution in [0.15, 0.2) is 10.8 Å². The van der Waals surface area contributed by atoms with E-state index in [1.54, 1.807) is 0 Å². The minimum Gasteiger partial charge on any atom is -0.383 e. The minimum atomic E-state index is 0.297. The van der Waals surface area contributed by atoms with E-state index < -0.39 is 0 Å². The van der Waals surface area contributed by atoms with Gasteiger partial charge in [-0.3, -0.25) is 0 Å². The van der Waals surface area contributed by atoms with Crippen LogP contribution in [0, 0.1) is 0 Å². The second-order valence-electron chi connectivity index (χ2n) is 3.73. The first-order valence-electron chi connectivity index (χ1n) is 4.68. The molecular formula is C9H16BrN5. The highest BCUT2D eigenvalue weighted by Crippen LogP contribution is 2.24. The molecule has 15 heavy (non-hydrogen) atoms. The molecule has 0 amide bonds. The molecule has 0 spiro atoms. The van der Waals surface area contributed by atoms with Crippen LogP contribution in [0.2, 0.25) is 0 Å². The molecule has 0 aliphatic heterocycles. The van der Waals surface area contributed by atoms with Crippen LogP contribution in [-0.2, 0) is 0 Å². The largest absolute Gasteiger partial charge is 0.383 e. The lowest BCUT2D eigenvalue weighted by Crippen LogP contribution is -2.30. The van der Waals surface area contributed by atoms with Gasteiger partial charge in [0.25, 0.3) is 0 Å². The zero-order valence-corrected chi connectivity index (χ0v) is 10.7. The number of halogens is 1. The molecule has 1 heterocycles. The Kier molecular flexibility index (Phi) is 4.28. The van der Waals surface area contributed by atoms with Gasteiger partial charge in [0.2, 0.25) is 0 Å². The summed E-state index contributed by atoms with van der Waals surface area (Å²) < 4.78 is 0.718.